The molecule has 100 valence electrons. The number of aryl methyl sites for hydroxylation is 1. The van der Waals surface area contributed by atoms with Crippen molar-refractivity contribution in [3.05, 3.63) is 35.1 Å². The second kappa shape index (κ2) is 7.08. The molecule has 0 aliphatic heterocycles. The molecular weight excluding hydrogens is 237 g/mol. The molecule has 0 fully saturated rings. The van der Waals surface area contributed by atoms with Crippen LogP contribution in [-0.4, -0.2) is 49.3 Å². The minimum absolute atomic E-state index is 0.115. The second-order valence-electron chi connectivity index (χ2n) is 3.97. The van der Waals surface area contributed by atoms with E-state index in [4.69, 9.17) is 9.84 Å². The quantitative estimate of drug-likeness (QED) is 0.831. The number of carbonyl (C=O) groups excluding carboxylic acids is 1. The van der Waals surface area contributed by atoms with Crippen LogP contribution < -0.4 is 0 Å². The van der Waals surface area contributed by atoms with E-state index in [1.165, 1.54) is 23.1 Å². The lowest BCUT2D eigenvalue weighted by molar-refractivity contribution is 0.0655. The lowest BCUT2D eigenvalue weighted by atomic mass is 10.1. The van der Waals surface area contributed by atoms with Crippen LogP contribution in [0.15, 0.2) is 18.2 Å². The van der Waals surface area contributed by atoms with Gasteiger partial charge < -0.3 is 14.7 Å². The number of hydrogen-bond donors (Lipinski definition) is 1. The van der Waals surface area contributed by atoms with Crippen molar-refractivity contribution in [3.63, 3.8) is 0 Å². The fourth-order valence-corrected chi connectivity index (χ4v) is 1.67. The second-order valence-corrected chi connectivity index (χ2v) is 3.97. The van der Waals surface area contributed by atoms with Crippen LogP contribution in [0, 0.1) is 12.7 Å². The highest BCUT2D eigenvalue weighted by molar-refractivity contribution is 5.95. The third kappa shape index (κ3) is 3.78. The van der Waals surface area contributed by atoms with Crippen molar-refractivity contribution in [1.29, 1.82) is 0 Å². The Kier molecular flexibility index (Phi) is 5.74. The van der Waals surface area contributed by atoms with Crippen LogP contribution >= 0.6 is 0 Å². The lowest BCUT2D eigenvalue weighted by Gasteiger charge is -2.22. The Bertz CT molecular complexity index is 409. The van der Waals surface area contributed by atoms with Crippen LogP contribution in [0.25, 0.3) is 0 Å². The topological polar surface area (TPSA) is 49.8 Å². The Morgan fingerprint density at radius 2 is 2.17 bits per heavy atom. The van der Waals surface area contributed by atoms with E-state index in [2.05, 4.69) is 0 Å². The van der Waals surface area contributed by atoms with E-state index in [0.717, 1.165) is 0 Å². The van der Waals surface area contributed by atoms with Gasteiger partial charge in [0.15, 0.2) is 0 Å². The number of hydrogen-bond acceptors (Lipinski definition) is 3. The monoisotopic (exact) mass is 255 g/mol. The third-order valence-corrected chi connectivity index (χ3v) is 2.64. The summed E-state index contributed by atoms with van der Waals surface area (Å²) < 4.78 is 17.9. The molecule has 0 saturated heterocycles. The molecule has 0 heterocycles. The van der Waals surface area contributed by atoms with Crippen molar-refractivity contribution in [2.75, 3.05) is 33.4 Å². The number of aliphatic hydroxyl groups excluding tert-OH is 1. The van der Waals surface area contributed by atoms with Crippen molar-refractivity contribution in [2.45, 2.75) is 6.92 Å². The number of aliphatic hydroxyl groups is 1. The summed E-state index contributed by atoms with van der Waals surface area (Å²) in [4.78, 5) is 13.7. The maximum Gasteiger partial charge on any atom is 0.254 e. The van der Waals surface area contributed by atoms with Crippen LogP contribution in [0.2, 0.25) is 0 Å². The van der Waals surface area contributed by atoms with Gasteiger partial charge in [0, 0.05) is 25.8 Å². The van der Waals surface area contributed by atoms with E-state index in [1.807, 2.05) is 0 Å². The van der Waals surface area contributed by atoms with Gasteiger partial charge in [0.2, 0.25) is 0 Å². The summed E-state index contributed by atoms with van der Waals surface area (Å²) in [7, 11) is 1.55. The highest BCUT2D eigenvalue weighted by Crippen LogP contribution is 2.12. The van der Waals surface area contributed by atoms with Crippen molar-refractivity contribution >= 4 is 5.91 Å². The summed E-state index contributed by atoms with van der Waals surface area (Å²) in [6.45, 7) is 2.59. The molecule has 4 nitrogen and oxygen atoms in total. The molecule has 0 saturated carbocycles. The van der Waals surface area contributed by atoms with Gasteiger partial charge in [-0.2, -0.15) is 0 Å². The van der Waals surface area contributed by atoms with Crippen LogP contribution in [0.1, 0.15) is 15.9 Å². The predicted octanol–water partition coefficient (Wildman–Crippen LogP) is 1.22. The Morgan fingerprint density at radius 1 is 1.44 bits per heavy atom. The van der Waals surface area contributed by atoms with Crippen LogP contribution in [0.4, 0.5) is 4.39 Å². The van der Waals surface area contributed by atoms with E-state index >= 15 is 0 Å². The number of carbonyl (C=O) groups is 1. The van der Waals surface area contributed by atoms with Gasteiger partial charge in [0.1, 0.15) is 5.82 Å². The molecule has 0 spiro atoms. The van der Waals surface area contributed by atoms with Crippen molar-refractivity contribution in [1.82, 2.24) is 4.90 Å². The summed E-state index contributed by atoms with van der Waals surface area (Å²) in [5, 5.41) is 8.95. The highest BCUT2D eigenvalue weighted by Gasteiger charge is 2.17. The summed E-state index contributed by atoms with van der Waals surface area (Å²) in [5.41, 5.74) is 1.03. The molecule has 0 radical (unpaired) electrons. The highest BCUT2D eigenvalue weighted by atomic mass is 19.1. The summed E-state index contributed by atoms with van der Waals surface area (Å²) in [6, 6.07) is 4.04. The Labute approximate surface area is 106 Å². The average Bonchev–Trinajstić information content (AvgIpc) is 2.33. The van der Waals surface area contributed by atoms with E-state index < -0.39 is 0 Å². The number of halogens is 1. The third-order valence-electron chi connectivity index (χ3n) is 2.64. The van der Waals surface area contributed by atoms with Crippen molar-refractivity contribution in [2.24, 2.45) is 0 Å². The number of ether oxygens (including phenoxy) is 1. The fourth-order valence-electron chi connectivity index (χ4n) is 1.67. The molecule has 0 aliphatic carbocycles. The summed E-state index contributed by atoms with van der Waals surface area (Å²) in [6.07, 6.45) is 0. The number of nitrogens with zero attached hydrogens (tertiary/aromatic N) is 1. The molecule has 1 N–H and O–H groups in total. The van der Waals surface area contributed by atoms with Gasteiger partial charge in [-0.05, 0) is 30.7 Å². The number of amides is 1. The van der Waals surface area contributed by atoms with Gasteiger partial charge in [-0.1, -0.05) is 0 Å². The molecule has 1 aromatic rings. The molecule has 0 aromatic heterocycles. The molecule has 1 rings (SSSR count). The van der Waals surface area contributed by atoms with E-state index in [-0.39, 0.29) is 24.9 Å². The molecule has 0 unspecified atom stereocenters. The Hall–Kier alpha value is -1.46. The van der Waals surface area contributed by atoms with Gasteiger partial charge in [-0.3, -0.25) is 4.79 Å². The Balaban J connectivity index is 2.87. The molecule has 1 amide bonds. The molecule has 5 heteroatoms. The fraction of sp³-hybridized carbons (Fsp3) is 0.462. The minimum Gasteiger partial charge on any atom is -0.395 e. The Morgan fingerprint density at radius 3 is 2.72 bits per heavy atom. The molecule has 1 aromatic carbocycles. The van der Waals surface area contributed by atoms with Gasteiger partial charge in [-0.25, -0.2) is 4.39 Å². The van der Waals surface area contributed by atoms with Crippen LogP contribution in [0.3, 0.4) is 0 Å². The molecule has 0 atom stereocenters. The first-order valence-corrected chi connectivity index (χ1v) is 5.75. The smallest absolute Gasteiger partial charge is 0.254 e. The van der Waals surface area contributed by atoms with Crippen LogP contribution in [0.5, 0.6) is 0 Å². The van der Waals surface area contributed by atoms with E-state index in [1.54, 1.807) is 14.0 Å². The molecule has 18 heavy (non-hydrogen) atoms. The van der Waals surface area contributed by atoms with Gasteiger partial charge in [0.25, 0.3) is 5.91 Å². The first-order chi connectivity index (χ1) is 8.60. The van der Waals surface area contributed by atoms with Gasteiger partial charge >= 0.3 is 0 Å². The van der Waals surface area contributed by atoms with Crippen LogP contribution in [-0.2, 0) is 4.74 Å². The van der Waals surface area contributed by atoms with Gasteiger partial charge in [0.05, 0.1) is 13.2 Å². The van der Waals surface area contributed by atoms with E-state index in [0.29, 0.717) is 24.3 Å². The standard InChI is InChI=1S/C13H18FNO3/c1-10-9-11(14)3-4-12(10)13(17)15(5-7-16)6-8-18-2/h3-4,9,16H,5-8H2,1-2H3. The SMILES string of the molecule is COCCN(CCO)C(=O)c1ccc(F)cc1C. The maximum absolute atomic E-state index is 13.0. The van der Waals surface area contributed by atoms with Crippen molar-refractivity contribution in [3.8, 4) is 0 Å². The number of rotatable bonds is 6. The van der Waals surface area contributed by atoms with Gasteiger partial charge in [-0.15, -0.1) is 0 Å². The largest absolute Gasteiger partial charge is 0.395 e. The number of benzene rings is 1. The number of methoxy groups -OCH3 is 1. The lowest BCUT2D eigenvalue weighted by Crippen LogP contribution is -2.36. The van der Waals surface area contributed by atoms with Crippen molar-refractivity contribution < 1.29 is 19.0 Å². The molecule has 0 aliphatic rings. The summed E-state index contributed by atoms with van der Waals surface area (Å²) >= 11 is 0. The first kappa shape index (κ1) is 14.6. The summed E-state index contributed by atoms with van der Waals surface area (Å²) in [5.74, 6) is -0.590. The zero-order chi connectivity index (χ0) is 13.5. The maximum atomic E-state index is 13.0. The first-order valence-electron chi connectivity index (χ1n) is 5.75. The minimum atomic E-state index is -0.366. The average molecular weight is 255 g/mol. The normalized spacial score (nSPS) is 10.4. The molecular formula is C13H18FNO3. The zero-order valence-electron chi connectivity index (χ0n) is 10.6. The van der Waals surface area contributed by atoms with E-state index in [9.17, 15) is 9.18 Å². The molecule has 0 bridgehead atoms. The predicted molar refractivity (Wildman–Crippen MR) is 66.0 cm³/mol. The zero-order valence-corrected chi connectivity index (χ0v) is 10.6.